The molecule has 5 aliphatic rings. The molecule has 0 radical (unpaired) electrons. The number of rotatable bonds is 6. The highest BCUT2D eigenvalue weighted by Gasteiger charge is 2.55. The quantitative estimate of drug-likeness (QED) is 0.279. The monoisotopic (exact) mass is 668 g/mol. The number of hydrogen-bond donors (Lipinski definition) is 4. The number of carbonyl (C=O) groups excluding carboxylic acids is 3. The van der Waals surface area contributed by atoms with Crippen molar-refractivity contribution in [3.63, 3.8) is 0 Å². The molecule has 0 bridgehead atoms. The number of phenols is 2. The second kappa shape index (κ2) is 12.1. The molecule has 8 atom stereocenters. The number of aromatic hydroxyl groups is 2. The Bertz CT molecular complexity index is 1680. The highest BCUT2D eigenvalue weighted by molar-refractivity contribution is 6.31. The van der Waals surface area contributed by atoms with Crippen molar-refractivity contribution in [1.29, 1.82) is 0 Å². The van der Waals surface area contributed by atoms with Crippen LogP contribution in [0.3, 0.4) is 0 Å². The topological polar surface area (TPSA) is 183 Å². The minimum Gasteiger partial charge on any atom is -0.507 e. The third kappa shape index (κ3) is 5.00. The van der Waals surface area contributed by atoms with E-state index in [4.69, 9.17) is 28.4 Å². The summed E-state index contributed by atoms with van der Waals surface area (Å²) in [4.78, 5) is 43.4. The van der Waals surface area contributed by atoms with Gasteiger partial charge in [-0.05, 0) is 26.8 Å². The van der Waals surface area contributed by atoms with Crippen molar-refractivity contribution in [2.24, 2.45) is 0 Å². The Kier molecular flexibility index (Phi) is 8.26. The van der Waals surface area contributed by atoms with Crippen molar-refractivity contribution in [1.82, 2.24) is 10.2 Å². The van der Waals surface area contributed by atoms with E-state index >= 15 is 0 Å². The third-order valence-electron chi connectivity index (χ3n) is 10.0. The van der Waals surface area contributed by atoms with Crippen molar-refractivity contribution >= 4 is 17.5 Å². The zero-order chi connectivity index (χ0) is 34.2. The summed E-state index contributed by atoms with van der Waals surface area (Å²) in [7, 11) is 2.91. The molecule has 258 valence electrons. The van der Waals surface area contributed by atoms with Crippen LogP contribution in [-0.2, 0) is 34.9 Å². The molecule has 3 fully saturated rings. The predicted molar refractivity (Wildman–Crippen MR) is 165 cm³/mol. The average Bonchev–Trinajstić information content (AvgIpc) is 3.43. The molecule has 3 heterocycles. The maximum absolute atomic E-state index is 14.0. The zero-order valence-electron chi connectivity index (χ0n) is 27.3. The van der Waals surface area contributed by atoms with Crippen molar-refractivity contribution in [3.05, 3.63) is 51.6 Å². The fraction of sp³-hybridized carbons (Fsp3) is 0.559. The van der Waals surface area contributed by atoms with Crippen molar-refractivity contribution in [3.8, 4) is 17.2 Å². The zero-order valence-corrected chi connectivity index (χ0v) is 27.3. The largest absolute Gasteiger partial charge is 0.507 e. The van der Waals surface area contributed by atoms with Crippen LogP contribution in [0.5, 0.6) is 17.2 Å². The molecule has 0 saturated carbocycles. The summed E-state index contributed by atoms with van der Waals surface area (Å²) in [5, 5.41) is 38.2. The van der Waals surface area contributed by atoms with Gasteiger partial charge in [0.2, 0.25) is 5.78 Å². The fourth-order valence-electron chi connectivity index (χ4n) is 7.90. The summed E-state index contributed by atoms with van der Waals surface area (Å²) in [6.07, 6.45) is -4.39. The van der Waals surface area contributed by atoms with Gasteiger partial charge in [0.1, 0.15) is 29.0 Å². The van der Waals surface area contributed by atoms with E-state index in [1.807, 2.05) is 6.92 Å². The molecular formula is C34H40N2O12. The second-order valence-corrected chi connectivity index (χ2v) is 13.3. The normalized spacial score (nSPS) is 32.6. The lowest BCUT2D eigenvalue weighted by Gasteiger charge is -2.43. The van der Waals surface area contributed by atoms with Gasteiger partial charge in [0.05, 0.1) is 42.6 Å². The van der Waals surface area contributed by atoms with Gasteiger partial charge in [-0.3, -0.25) is 19.3 Å². The minimum absolute atomic E-state index is 0.00230. The number of hydrogen-bond acceptors (Lipinski definition) is 13. The summed E-state index contributed by atoms with van der Waals surface area (Å²) in [5.41, 5.74) is -3.04. The van der Waals surface area contributed by atoms with Crippen LogP contribution in [0.4, 0.5) is 0 Å². The lowest BCUT2D eigenvalue weighted by Crippen LogP contribution is -2.55. The Morgan fingerprint density at radius 2 is 1.83 bits per heavy atom. The number of aliphatic hydroxyl groups is 1. The Labute approximate surface area is 276 Å². The minimum atomic E-state index is -2.11. The smallest absolute Gasteiger partial charge is 0.252 e. The molecule has 0 aromatic heterocycles. The van der Waals surface area contributed by atoms with Gasteiger partial charge in [-0.2, -0.15) is 0 Å². The molecule has 1 unspecified atom stereocenters. The first kappa shape index (κ1) is 32.9. The number of nitrogens with zero attached hydrogens (tertiary/aromatic N) is 1. The van der Waals surface area contributed by atoms with Crippen molar-refractivity contribution in [2.75, 3.05) is 27.4 Å². The van der Waals surface area contributed by atoms with E-state index in [1.165, 1.54) is 19.2 Å². The van der Waals surface area contributed by atoms with Gasteiger partial charge in [0, 0.05) is 61.7 Å². The summed E-state index contributed by atoms with van der Waals surface area (Å²) in [5.74, 6) is -3.20. The molecule has 4 N–H and O–H groups in total. The molecule has 0 spiro atoms. The first-order valence-electron chi connectivity index (χ1n) is 16.1. The van der Waals surface area contributed by atoms with E-state index in [9.17, 15) is 29.7 Å². The van der Waals surface area contributed by atoms with E-state index in [0.717, 1.165) is 0 Å². The van der Waals surface area contributed by atoms with Gasteiger partial charge in [0.25, 0.3) is 5.91 Å². The van der Waals surface area contributed by atoms with Crippen LogP contribution < -0.4 is 10.1 Å². The molecule has 14 nitrogen and oxygen atoms in total. The van der Waals surface area contributed by atoms with Gasteiger partial charge in [-0.1, -0.05) is 12.1 Å². The van der Waals surface area contributed by atoms with E-state index in [-0.39, 0.29) is 52.6 Å². The average molecular weight is 669 g/mol. The number of phenolic OH excluding ortho intramolecular Hbond substituents is 2. The van der Waals surface area contributed by atoms with E-state index in [0.29, 0.717) is 19.6 Å². The summed E-state index contributed by atoms with van der Waals surface area (Å²) in [6.45, 7) is 6.37. The molecule has 48 heavy (non-hydrogen) atoms. The maximum atomic E-state index is 14.0. The predicted octanol–water partition coefficient (Wildman–Crippen LogP) is 1.67. The Morgan fingerprint density at radius 1 is 1.08 bits per heavy atom. The standard InChI is InChI=1S/C34H40N2O12/c1-14(2)35-33(41)34(42)12-17-23(29(40)25-24(27(17)38)26(37)16-7-6-8-19(43-4)22(16)28(25)39)20(13-34)47-21-11-18-30(15(3)46-21)48-31-32(44-5)45-10-9-36(18)31/h6-8,14-15,18,20-21,30-32,38,40,42H,9-13H2,1-5H3,(H,35,41)/t15-,18?,20-,21-,30+,31+,32-,34-/m0/s1. The number of nitrogens with one attached hydrogen (secondary N) is 1. The molecule has 7 rings (SSSR count). The number of amides is 1. The van der Waals surface area contributed by atoms with Crippen LogP contribution in [0, 0.1) is 0 Å². The van der Waals surface area contributed by atoms with Crippen LogP contribution in [0.2, 0.25) is 0 Å². The van der Waals surface area contributed by atoms with Crippen LogP contribution in [0.25, 0.3) is 0 Å². The van der Waals surface area contributed by atoms with Crippen LogP contribution >= 0.6 is 0 Å². The highest BCUT2D eigenvalue weighted by atomic mass is 16.7. The number of fused-ring (bicyclic) bond motifs is 6. The molecular weight excluding hydrogens is 628 g/mol. The van der Waals surface area contributed by atoms with Gasteiger partial charge >= 0.3 is 0 Å². The number of morpholine rings is 1. The summed E-state index contributed by atoms with van der Waals surface area (Å²) in [6, 6.07) is 4.04. The summed E-state index contributed by atoms with van der Waals surface area (Å²) < 4.78 is 35.7. The van der Waals surface area contributed by atoms with Gasteiger partial charge < -0.3 is 49.1 Å². The van der Waals surface area contributed by atoms with Crippen LogP contribution in [-0.4, -0.2) is 114 Å². The van der Waals surface area contributed by atoms with Gasteiger partial charge in [-0.15, -0.1) is 0 Å². The molecule has 2 aliphatic carbocycles. The number of ether oxygens (including phenoxy) is 6. The number of ketones is 2. The Morgan fingerprint density at radius 3 is 2.54 bits per heavy atom. The second-order valence-electron chi connectivity index (χ2n) is 13.3. The van der Waals surface area contributed by atoms with Gasteiger partial charge in [0.15, 0.2) is 24.6 Å². The molecule has 3 saturated heterocycles. The number of methoxy groups -OCH3 is 2. The lowest BCUT2D eigenvalue weighted by atomic mass is 9.72. The molecule has 2 aromatic rings. The fourth-order valence-corrected chi connectivity index (χ4v) is 7.90. The molecule has 1 amide bonds. The molecule has 2 aromatic carbocycles. The Balaban J connectivity index is 1.30. The number of benzene rings is 2. The SMILES string of the molecule is COc1cccc2c1C(=O)c1c(O)c3c(c(O)c1C2=O)C[C@@](O)(C(=O)NC(C)C)C[C@@H]3O[C@H]1CC2[C@H](O[C@@H]3[C@@H](OC)OCCN23)[C@H](C)O1. The Hall–Kier alpha value is -3.63. The summed E-state index contributed by atoms with van der Waals surface area (Å²) >= 11 is 0. The van der Waals surface area contributed by atoms with Crippen molar-refractivity contribution < 1.29 is 58.1 Å². The highest BCUT2D eigenvalue weighted by Crippen LogP contribution is 2.53. The first-order chi connectivity index (χ1) is 22.9. The van der Waals surface area contributed by atoms with Crippen molar-refractivity contribution in [2.45, 2.75) is 94.8 Å². The first-order valence-corrected chi connectivity index (χ1v) is 16.1. The van der Waals surface area contributed by atoms with E-state index < -0.39 is 83.1 Å². The molecule has 3 aliphatic heterocycles. The van der Waals surface area contributed by atoms with E-state index in [2.05, 4.69) is 10.2 Å². The lowest BCUT2D eigenvalue weighted by molar-refractivity contribution is -0.256. The van der Waals surface area contributed by atoms with Crippen LogP contribution in [0.1, 0.15) is 82.7 Å². The van der Waals surface area contributed by atoms with Gasteiger partial charge in [-0.25, -0.2) is 0 Å². The maximum Gasteiger partial charge on any atom is 0.252 e. The third-order valence-corrected chi connectivity index (χ3v) is 10.0. The number of carbonyl (C=O) groups is 3. The van der Waals surface area contributed by atoms with E-state index in [1.54, 1.807) is 27.0 Å². The molecule has 14 heteroatoms. The van der Waals surface area contributed by atoms with Crippen LogP contribution in [0.15, 0.2) is 18.2 Å².